The Labute approximate surface area is 106 Å². The highest BCUT2D eigenvalue weighted by molar-refractivity contribution is 6.34. The first-order valence-electron chi connectivity index (χ1n) is 5.60. The van der Waals surface area contributed by atoms with Crippen LogP contribution >= 0.6 is 11.6 Å². The summed E-state index contributed by atoms with van der Waals surface area (Å²) in [6.45, 7) is 0.691. The average Bonchev–Trinajstić information content (AvgIpc) is 2.75. The zero-order valence-electron chi connectivity index (χ0n) is 10.00. The molecule has 1 N–H and O–H groups in total. The number of ether oxygens (including phenoxy) is 1. The van der Waals surface area contributed by atoms with Crippen LogP contribution in [0.4, 0.5) is 0 Å². The summed E-state index contributed by atoms with van der Waals surface area (Å²) >= 11 is 6.08. The van der Waals surface area contributed by atoms with E-state index in [-0.39, 0.29) is 6.04 Å². The Morgan fingerprint density at radius 3 is 2.94 bits per heavy atom. The molecule has 0 saturated heterocycles. The van der Waals surface area contributed by atoms with E-state index in [0.717, 1.165) is 23.2 Å². The quantitative estimate of drug-likeness (QED) is 0.887. The molecule has 3 nitrogen and oxygen atoms in total. The lowest BCUT2D eigenvalue weighted by Crippen LogP contribution is -2.17. The van der Waals surface area contributed by atoms with Gasteiger partial charge in [0.25, 0.3) is 0 Å². The largest absolute Gasteiger partial charge is 0.458 e. The normalized spacial score (nSPS) is 13.1. The molecule has 17 heavy (non-hydrogen) atoms. The molecule has 0 saturated carbocycles. The summed E-state index contributed by atoms with van der Waals surface area (Å²) in [5.41, 5.74) is 0.752. The second-order valence-electron chi connectivity index (χ2n) is 3.93. The number of hydrogen-bond donors (Lipinski definition) is 1. The maximum Gasteiger partial charge on any atom is 0.152 e. The SMILES string of the molecule is CNC(CCOC)c1cc2cccc(Cl)c2o1. The molecule has 1 atom stereocenters. The van der Waals surface area contributed by atoms with Crippen molar-refractivity contribution in [2.24, 2.45) is 0 Å². The third kappa shape index (κ3) is 2.63. The van der Waals surface area contributed by atoms with E-state index < -0.39 is 0 Å². The molecule has 0 fully saturated rings. The number of hydrogen-bond acceptors (Lipinski definition) is 3. The third-order valence-corrected chi connectivity index (χ3v) is 3.12. The summed E-state index contributed by atoms with van der Waals surface area (Å²) in [5.74, 6) is 0.896. The average molecular weight is 254 g/mol. The molecule has 0 radical (unpaired) electrons. The molecule has 92 valence electrons. The van der Waals surface area contributed by atoms with Crippen LogP contribution in [-0.4, -0.2) is 20.8 Å². The van der Waals surface area contributed by atoms with Crippen molar-refractivity contribution >= 4 is 22.6 Å². The molecule has 1 aromatic carbocycles. The van der Waals surface area contributed by atoms with Crippen LogP contribution in [0.2, 0.25) is 5.02 Å². The van der Waals surface area contributed by atoms with Gasteiger partial charge >= 0.3 is 0 Å². The molecular weight excluding hydrogens is 238 g/mol. The van der Waals surface area contributed by atoms with E-state index in [2.05, 4.69) is 5.32 Å². The summed E-state index contributed by atoms with van der Waals surface area (Å²) in [6.07, 6.45) is 0.866. The first-order valence-corrected chi connectivity index (χ1v) is 5.98. The van der Waals surface area contributed by atoms with Crippen molar-refractivity contribution in [2.75, 3.05) is 20.8 Å². The number of fused-ring (bicyclic) bond motifs is 1. The third-order valence-electron chi connectivity index (χ3n) is 2.82. The van der Waals surface area contributed by atoms with Crippen molar-refractivity contribution in [3.8, 4) is 0 Å². The highest BCUT2D eigenvalue weighted by Gasteiger charge is 2.15. The smallest absolute Gasteiger partial charge is 0.152 e. The monoisotopic (exact) mass is 253 g/mol. The van der Waals surface area contributed by atoms with Gasteiger partial charge in [-0.05, 0) is 25.6 Å². The van der Waals surface area contributed by atoms with Crippen LogP contribution in [0.1, 0.15) is 18.2 Å². The lowest BCUT2D eigenvalue weighted by atomic mass is 10.1. The number of halogens is 1. The Bertz CT molecular complexity index is 495. The van der Waals surface area contributed by atoms with Gasteiger partial charge in [-0.3, -0.25) is 0 Å². The number of rotatable bonds is 5. The zero-order chi connectivity index (χ0) is 12.3. The fraction of sp³-hybridized carbons (Fsp3) is 0.385. The van der Waals surface area contributed by atoms with Crippen molar-refractivity contribution in [2.45, 2.75) is 12.5 Å². The Morgan fingerprint density at radius 2 is 2.29 bits per heavy atom. The minimum atomic E-state index is 0.151. The molecule has 2 rings (SSSR count). The predicted octanol–water partition coefficient (Wildman–Crippen LogP) is 3.38. The molecule has 0 aliphatic heterocycles. The van der Waals surface area contributed by atoms with Crippen LogP contribution in [0.25, 0.3) is 11.0 Å². The number of para-hydroxylation sites is 1. The van der Waals surface area contributed by atoms with Gasteiger partial charge in [0.05, 0.1) is 11.1 Å². The fourth-order valence-electron chi connectivity index (χ4n) is 1.88. The Morgan fingerprint density at radius 1 is 1.47 bits per heavy atom. The van der Waals surface area contributed by atoms with Crippen molar-refractivity contribution in [1.82, 2.24) is 5.32 Å². The molecule has 0 aliphatic carbocycles. The molecule has 4 heteroatoms. The van der Waals surface area contributed by atoms with Crippen LogP contribution in [-0.2, 0) is 4.74 Å². The summed E-state index contributed by atoms with van der Waals surface area (Å²) < 4.78 is 10.9. The lowest BCUT2D eigenvalue weighted by Gasteiger charge is -2.12. The van der Waals surface area contributed by atoms with E-state index in [9.17, 15) is 0 Å². The maximum absolute atomic E-state index is 6.08. The van der Waals surface area contributed by atoms with E-state index in [1.54, 1.807) is 7.11 Å². The molecule has 0 bridgehead atoms. The highest BCUT2D eigenvalue weighted by Crippen LogP contribution is 2.30. The lowest BCUT2D eigenvalue weighted by molar-refractivity contribution is 0.180. The van der Waals surface area contributed by atoms with Crippen LogP contribution in [0, 0.1) is 0 Å². The minimum absolute atomic E-state index is 0.151. The van der Waals surface area contributed by atoms with Gasteiger partial charge in [0.15, 0.2) is 5.58 Å². The first-order chi connectivity index (χ1) is 8.26. The molecular formula is C13H16ClNO2. The summed E-state index contributed by atoms with van der Waals surface area (Å²) in [4.78, 5) is 0. The van der Waals surface area contributed by atoms with E-state index in [0.29, 0.717) is 11.6 Å². The molecule has 0 spiro atoms. The van der Waals surface area contributed by atoms with Gasteiger partial charge in [-0.15, -0.1) is 0 Å². The van der Waals surface area contributed by atoms with Crippen LogP contribution in [0.3, 0.4) is 0 Å². The highest BCUT2D eigenvalue weighted by atomic mass is 35.5. The summed E-state index contributed by atoms with van der Waals surface area (Å²) in [6, 6.07) is 7.93. The fourth-order valence-corrected chi connectivity index (χ4v) is 2.10. The summed E-state index contributed by atoms with van der Waals surface area (Å²) in [7, 11) is 3.61. The second-order valence-corrected chi connectivity index (χ2v) is 4.34. The number of benzene rings is 1. The van der Waals surface area contributed by atoms with E-state index in [1.807, 2.05) is 31.3 Å². The maximum atomic E-state index is 6.08. The molecule has 1 unspecified atom stereocenters. The number of methoxy groups -OCH3 is 1. The predicted molar refractivity (Wildman–Crippen MR) is 69.5 cm³/mol. The molecule has 0 amide bonds. The van der Waals surface area contributed by atoms with Crippen molar-refractivity contribution in [3.63, 3.8) is 0 Å². The van der Waals surface area contributed by atoms with Gasteiger partial charge in [-0.2, -0.15) is 0 Å². The van der Waals surface area contributed by atoms with Crippen LogP contribution < -0.4 is 5.32 Å². The number of furan rings is 1. The van der Waals surface area contributed by atoms with Crippen LogP contribution in [0.5, 0.6) is 0 Å². The second kappa shape index (κ2) is 5.54. The number of nitrogens with one attached hydrogen (secondary N) is 1. The van der Waals surface area contributed by atoms with Gasteiger partial charge in [-0.25, -0.2) is 0 Å². The van der Waals surface area contributed by atoms with E-state index in [4.69, 9.17) is 20.8 Å². The Balaban J connectivity index is 2.31. The Kier molecular flexibility index (Phi) is 4.05. The van der Waals surface area contributed by atoms with Crippen molar-refractivity contribution in [1.29, 1.82) is 0 Å². The van der Waals surface area contributed by atoms with Crippen molar-refractivity contribution < 1.29 is 9.15 Å². The van der Waals surface area contributed by atoms with Crippen LogP contribution in [0.15, 0.2) is 28.7 Å². The zero-order valence-corrected chi connectivity index (χ0v) is 10.8. The van der Waals surface area contributed by atoms with E-state index in [1.165, 1.54) is 0 Å². The van der Waals surface area contributed by atoms with Gasteiger partial charge in [0.1, 0.15) is 5.76 Å². The first kappa shape index (κ1) is 12.4. The molecule has 0 aliphatic rings. The van der Waals surface area contributed by atoms with Gasteiger partial charge in [-0.1, -0.05) is 23.7 Å². The summed E-state index contributed by atoms with van der Waals surface area (Å²) in [5, 5.41) is 4.90. The van der Waals surface area contributed by atoms with Crippen molar-refractivity contribution in [3.05, 3.63) is 35.0 Å². The Hall–Kier alpha value is -1.03. The molecule has 1 aromatic heterocycles. The standard InChI is InChI=1S/C13H16ClNO2/c1-15-11(6-7-16-2)12-8-9-4-3-5-10(14)13(9)17-12/h3-5,8,11,15H,6-7H2,1-2H3. The van der Waals surface area contributed by atoms with E-state index >= 15 is 0 Å². The van der Waals surface area contributed by atoms with Gasteiger partial charge < -0.3 is 14.5 Å². The minimum Gasteiger partial charge on any atom is -0.458 e. The molecule has 2 aromatic rings. The molecule has 1 heterocycles. The van der Waals surface area contributed by atoms with Gasteiger partial charge in [0.2, 0.25) is 0 Å². The van der Waals surface area contributed by atoms with Gasteiger partial charge in [0, 0.05) is 19.1 Å². The topological polar surface area (TPSA) is 34.4 Å².